The first kappa shape index (κ1) is 15.1. The van der Waals surface area contributed by atoms with Crippen molar-refractivity contribution in [3.63, 3.8) is 0 Å². The van der Waals surface area contributed by atoms with Gasteiger partial charge in [-0.05, 0) is 25.6 Å². The first-order chi connectivity index (χ1) is 8.63. The van der Waals surface area contributed by atoms with E-state index in [2.05, 4.69) is 24.0 Å². The van der Waals surface area contributed by atoms with Gasteiger partial charge in [-0.25, -0.2) is 0 Å². The number of rotatable bonds is 8. The second-order valence-corrected chi connectivity index (χ2v) is 5.41. The molecular formula is C14H21NO2S. The fourth-order valence-electron chi connectivity index (χ4n) is 1.87. The molecule has 1 aromatic rings. The summed E-state index contributed by atoms with van der Waals surface area (Å²) in [5, 5.41) is 8.80. The molecule has 0 radical (unpaired) electrons. The highest BCUT2D eigenvalue weighted by Crippen LogP contribution is 2.17. The molecule has 0 aromatic heterocycles. The topological polar surface area (TPSA) is 40.5 Å². The lowest BCUT2D eigenvalue weighted by Crippen LogP contribution is -2.36. The maximum absolute atomic E-state index is 10.7. The number of carbonyl (C=O) groups is 1. The zero-order valence-corrected chi connectivity index (χ0v) is 11.8. The van der Waals surface area contributed by atoms with Crippen LogP contribution in [0.1, 0.15) is 20.3 Å². The minimum absolute atomic E-state index is 0.101. The third kappa shape index (κ3) is 5.56. The van der Waals surface area contributed by atoms with E-state index in [0.717, 1.165) is 18.8 Å². The summed E-state index contributed by atoms with van der Waals surface area (Å²) in [7, 11) is 0. The van der Waals surface area contributed by atoms with Gasteiger partial charge in [-0.3, -0.25) is 9.69 Å². The number of hydrogen-bond acceptors (Lipinski definition) is 3. The molecule has 0 fully saturated rings. The molecule has 1 aromatic carbocycles. The molecule has 0 aliphatic rings. The molecule has 0 amide bonds. The number of nitrogens with zero attached hydrogens (tertiary/aromatic N) is 1. The summed E-state index contributed by atoms with van der Waals surface area (Å²) in [6.45, 7) is 5.87. The molecule has 0 heterocycles. The summed E-state index contributed by atoms with van der Waals surface area (Å²) in [5.41, 5.74) is 0. The van der Waals surface area contributed by atoms with Gasteiger partial charge >= 0.3 is 5.97 Å². The molecule has 0 saturated carbocycles. The number of hydrogen-bond donors (Lipinski definition) is 1. The quantitative estimate of drug-likeness (QED) is 0.735. The predicted molar refractivity (Wildman–Crippen MR) is 76.1 cm³/mol. The third-order valence-corrected chi connectivity index (χ3v) is 3.88. The molecule has 0 bridgehead atoms. The molecule has 0 spiro atoms. The standard InChI is InChI=1S/C14H21NO2S/c1-3-15(12(2)11-14(16)17)9-10-18-13-7-5-4-6-8-13/h4-8,12H,3,9-11H2,1-2H3,(H,16,17). The molecule has 1 atom stereocenters. The zero-order chi connectivity index (χ0) is 13.4. The number of aliphatic carboxylic acids is 1. The van der Waals surface area contributed by atoms with Gasteiger partial charge in [-0.15, -0.1) is 11.8 Å². The third-order valence-electron chi connectivity index (χ3n) is 2.89. The van der Waals surface area contributed by atoms with Crippen molar-refractivity contribution in [1.29, 1.82) is 0 Å². The lowest BCUT2D eigenvalue weighted by Gasteiger charge is -2.26. The monoisotopic (exact) mass is 267 g/mol. The molecular weight excluding hydrogens is 246 g/mol. The van der Waals surface area contributed by atoms with Crippen LogP contribution < -0.4 is 0 Å². The molecule has 1 unspecified atom stereocenters. The van der Waals surface area contributed by atoms with E-state index < -0.39 is 5.97 Å². The Morgan fingerprint density at radius 3 is 2.61 bits per heavy atom. The van der Waals surface area contributed by atoms with Crippen molar-refractivity contribution < 1.29 is 9.90 Å². The number of carboxylic acids is 1. The van der Waals surface area contributed by atoms with Crippen LogP contribution in [0.15, 0.2) is 35.2 Å². The fourth-order valence-corrected chi connectivity index (χ4v) is 2.78. The van der Waals surface area contributed by atoms with Crippen molar-refractivity contribution in [3.8, 4) is 0 Å². The van der Waals surface area contributed by atoms with Gasteiger partial charge < -0.3 is 5.11 Å². The molecule has 1 N–H and O–H groups in total. The van der Waals surface area contributed by atoms with E-state index in [1.54, 1.807) is 0 Å². The van der Waals surface area contributed by atoms with Gasteiger partial charge in [0.15, 0.2) is 0 Å². The molecule has 0 saturated heterocycles. The van der Waals surface area contributed by atoms with Crippen LogP contribution in [0, 0.1) is 0 Å². The number of thioether (sulfide) groups is 1. The Balaban J connectivity index is 2.33. The Labute approximate surface area is 113 Å². The van der Waals surface area contributed by atoms with Crippen molar-refractivity contribution in [2.75, 3.05) is 18.8 Å². The first-order valence-corrected chi connectivity index (χ1v) is 7.25. The summed E-state index contributed by atoms with van der Waals surface area (Å²) in [6.07, 6.45) is 0.212. The van der Waals surface area contributed by atoms with Crippen molar-refractivity contribution in [2.24, 2.45) is 0 Å². The van der Waals surface area contributed by atoms with Crippen LogP contribution in [0.4, 0.5) is 0 Å². The highest BCUT2D eigenvalue weighted by Gasteiger charge is 2.14. The Hall–Kier alpha value is -1.00. The molecule has 18 heavy (non-hydrogen) atoms. The van der Waals surface area contributed by atoms with E-state index in [0.29, 0.717) is 0 Å². The van der Waals surface area contributed by atoms with E-state index in [-0.39, 0.29) is 12.5 Å². The van der Waals surface area contributed by atoms with E-state index >= 15 is 0 Å². The maximum atomic E-state index is 10.7. The smallest absolute Gasteiger partial charge is 0.304 e. The van der Waals surface area contributed by atoms with Gasteiger partial charge in [0.2, 0.25) is 0 Å². The second kappa shape index (κ2) is 8.16. The van der Waals surface area contributed by atoms with Crippen LogP contribution >= 0.6 is 11.8 Å². The van der Waals surface area contributed by atoms with Crippen LogP contribution in [0.3, 0.4) is 0 Å². The summed E-state index contributed by atoms with van der Waals surface area (Å²) in [4.78, 5) is 14.2. The molecule has 0 aliphatic heterocycles. The van der Waals surface area contributed by atoms with Gasteiger partial charge in [0, 0.05) is 23.2 Å². The highest BCUT2D eigenvalue weighted by molar-refractivity contribution is 7.99. The summed E-state index contributed by atoms with van der Waals surface area (Å²) in [5.74, 6) is 0.263. The Morgan fingerprint density at radius 2 is 2.06 bits per heavy atom. The lowest BCUT2D eigenvalue weighted by atomic mass is 10.2. The largest absolute Gasteiger partial charge is 0.481 e. The van der Waals surface area contributed by atoms with Gasteiger partial charge in [0.1, 0.15) is 0 Å². The van der Waals surface area contributed by atoms with E-state index in [9.17, 15) is 4.79 Å². The van der Waals surface area contributed by atoms with Crippen LogP contribution in [-0.2, 0) is 4.79 Å². The molecule has 4 heteroatoms. The maximum Gasteiger partial charge on any atom is 0.304 e. The van der Waals surface area contributed by atoms with Crippen LogP contribution in [0.5, 0.6) is 0 Å². The Kier molecular flexibility index (Phi) is 6.83. The van der Waals surface area contributed by atoms with Gasteiger partial charge in [-0.1, -0.05) is 25.1 Å². The number of benzene rings is 1. The Bertz CT molecular complexity index is 356. The SMILES string of the molecule is CCN(CCSc1ccccc1)C(C)CC(=O)O. The highest BCUT2D eigenvalue weighted by atomic mass is 32.2. The summed E-state index contributed by atoms with van der Waals surface area (Å²) < 4.78 is 0. The zero-order valence-electron chi connectivity index (χ0n) is 11.0. The van der Waals surface area contributed by atoms with E-state index in [1.165, 1.54) is 4.90 Å². The lowest BCUT2D eigenvalue weighted by molar-refractivity contribution is -0.138. The van der Waals surface area contributed by atoms with Gasteiger partial charge in [-0.2, -0.15) is 0 Å². The van der Waals surface area contributed by atoms with E-state index in [4.69, 9.17) is 5.11 Å². The molecule has 1 rings (SSSR count). The molecule has 0 aliphatic carbocycles. The van der Waals surface area contributed by atoms with Crippen molar-refractivity contribution >= 4 is 17.7 Å². The summed E-state index contributed by atoms with van der Waals surface area (Å²) >= 11 is 1.81. The first-order valence-electron chi connectivity index (χ1n) is 6.27. The van der Waals surface area contributed by atoms with Crippen molar-refractivity contribution in [2.45, 2.75) is 31.2 Å². The number of carboxylic acid groups (broad SMARTS) is 1. The van der Waals surface area contributed by atoms with Crippen LogP contribution in [-0.4, -0.2) is 40.9 Å². The molecule has 100 valence electrons. The predicted octanol–water partition coefficient (Wildman–Crippen LogP) is 2.96. The molecule has 3 nitrogen and oxygen atoms in total. The average Bonchev–Trinajstić information content (AvgIpc) is 2.35. The summed E-state index contributed by atoms with van der Waals surface area (Å²) in [6, 6.07) is 10.4. The van der Waals surface area contributed by atoms with Gasteiger partial charge in [0.05, 0.1) is 6.42 Å². The van der Waals surface area contributed by atoms with Gasteiger partial charge in [0.25, 0.3) is 0 Å². The second-order valence-electron chi connectivity index (χ2n) is 4.24. The average molecular weight is 267 g/mol. The van der Waals surface area contributed by atoms with Crippen molar-refractivity contribution in [3.05, 3.63) is 30.3 Å². The normalized spacial score (nSPS) is 12.6. The minimum atomic E-state index is -0.725. The fraction of sp³-hybridized carbons (Fsp3) is 0.500. The van der Waals surface area contributed by atoms with Crippen LogP contribution in [0.25, 0.3) is 0 Å². The van der Waals surface area contributed by atoms with E-state index in [1.807, 2.05) is 36.9 Å². The van der Waals surface area contributed by atoms with Crippen molar-refractivity contribution in [1.82, 2.24) is 4.90 Å². The Morgan fingerprint density at radius 1 is 1.39 bits per heavy atom. The van der Waals surface area contributed by atoms with Crippen LogP contribution in [0.2, 0.25) is 0 Å². The minimum Gasteiger partial charge on any atom is -0.481 e.